The smallest absolute Gasteiger partial charge is 0.224 e. The van der Waals surface area contributed by atoms with Gasteiger partial charge in [0, 0.05) is 24.3 Å². The zero-order valence-corrected chi connectivity index (χ0v) is 12.6. The Kier molecular flexibility index (Phi) is 5.30. The number of fused-ring (bicyclic) bond motifs is 1. The fourth-order valence-corrected chi connectivity index (χ4v) is 3.24. The van der Waals surface area contributed by atoms with E-state index in [9.17, 15) is 4.79 Å². The summed E-state index contributed by atoms with van der Waals surface area (Å²) in [5, 5.41) is 6.36. The normalized spacial score (nSPS) is 17.2. The first-order chi connectivity index (χ1) is 9.31. The number of benzene rings is 1. The molecule has 4 heteroatoms. The molecule has 0 spiro atoms. The van der Waals surface area contributed by atoms with Crippen LogP contribution in [0.1, 0.15) is 44.1 Å². The second kappa shape index (κ2) is 6.98. The summed E-state index contributed by atoms with van der Waals surface area (Å²) in [7, 11) is 0. The van der Waals surface area contributed by atoms with Crippen LogP contribution in [-0.4, -0.2) is 12.5 Å². The standard InChI is InChI=1S/C16H22N2O.ClH/c19-16(8-5-12-3-1-2-4-12)18-14-6-7-15-13(11-14)9-10-17-15;/h6-7,11-12,17H,1-5,8-10H2,(H,18,19);1H. The van der Waals surface area contributed by atoms with Gasteiger partial charge in [0.15, 0.2) is 0 Å². The maximum atomic E-state index is 11.9. The van der Waals surface area contributed by atoms with E-state index in [4.69, 9.17) is 0 Å². The molecule has 0 atom stereocenters. The summed E-state index contributed by atoms with van der Waals surface area (Å²) in [6.07, 6.45) is 8.11. The summed E-state index contributed by atoms with van der Waals surface area (Å²) < 4.78 is 0. The monoisotopic (exact) mass is 294 g/mol. The van der Waals surface area contributed by atoms with Crippen LogP contribution < -0.4 is 10.6 Å². The Bertz CT molecular complexity index is 470. The molecule has 110 valence electrons. The zero-order chi connectivity index (χ0) is 13.1. The Morgan fingerprint density at radius 3 is 2.90 bits per heavy atom. The molecule has 1 amide bonds. The Balaban J connectivity index is 0.00000147. The molecule has 1 aromatic carbocycles. The molecular weight excluding hydrogens is 272 g/mol. The summed E-state index contributed by atoms with van der Waals surface area (Å²) >= 11 is 0. The molecule has 2 N–H and O–H groups in total. The molecule has 0 saturated heterocycles. The number of rotatable bonds is 4. The third-order valence-electron chi connectivity index (χ3n) is 4.35. The third kappa shape index (κ3) is 3.66. The molecule has 3 rings (SSSR count). The van der Waals surface area contributed by atoms with E-state index in [-0.39, 0.29) is 18.3 Å². The summed E-state index contributed by atoms with van der Waals surface area (Å²) in [4.78, 5) is 11.9. The third-order valence-corrected chi connectivity index (χ3v) is 4.35. The number of anilines is 2. The quantitative estimate of drug-likeness (QED) is 0.882. The van der Waals surface area contributed by atoms with E-state index in [0.29, 0.717) is 6.42 Å². The van der Waals surface area contributed by atoms with Gasteiger partial charge in [-0.25, -0.2) is 0 Å². The second-order valence-corrected chi connectivity index (χ2v) is 5.79. The lowest BCUT2D eigenvalue weighted by Crippen LogP contribution is -2.12. The number of carbonyl (C=O) groups excluding carboxylic acids is 1. The maximum absolute atomic E-state index is 11.9. The molecule has 1 aliphatic carbocycles. The van der Waals surface area contributed by atoms with Gasteiger partial charge < -0.3 is 10.6 Å². The molecule has 0 aromatic heterocycles. The lowest BCUT2D eigenvalue weighted by atomic mass is 10.0. The van der Waals surface area contributed by atoms with E-state index >= 15 is 0 Å². The van der Waals surface area contributed by atoms with Crippen LogP contribution in [0.3, 0.4) is 0 Å². The van der Waals surface area contributed by atoms with Gasteiger partial charge in [-0.05, 0) is 42.5 Å². The highest BCUT2D eigenvalue weighted by Gasteiger charge is 2.16. The van der Waals surface area contributed by atoms with Crippen LogP contribution in [0.25, 0.3) is 0 Å². The molecule has 1 aliphatic heterocycles. The van der Waals surface area contributed by atoms with E-state index in [1.165, 1.54) is 36.9 Å². The van der Waals surface area contributed by atoms with Gasteiger partial charge in [0.1, 0.15) is 0 Å². The number of halogens is 1. The summed E-state index contributed by atoms with van der Waals surface area (Å²) in [5.74, 6) is 0.952. The molecule has 20 heavy (non-hydrogen) atoms. The van der Waals surface area contributed by atoms with Gasteiger partial charge in [0.25, 0.3) is 0 Å². The summed E-state index contributed by atoms with van der Waals surface area (Å²) in [6.45, 7) is 1.01. The van der Waals surface area contributed by atoms with Gasteiger partial charge >= 0.3 is 0 Å². The Labute approximate surface area is 126 Å². The predicted molar refractivity (Wildman–Crippen MR) is 85.7 cm³/mol. The van der Waals surface area contributed by atoms with Gasteiger partial charge in [-0.1, -0.05) is 25.7 Å². The lowest BCUT2D eigenvalue weighted by Gasteiger charge is -2.10. The lowest BCUT2D eigenvalue weighted by molar-refractivity contribution is -0.116. The Morgan fingerprint density at radius 2 is 2.10 bits per heavy atom. The van der Waals surface area contributed by atoms with Gasteiger partial charge in [-0.2, -0.15) is 0 Å². The fraction of sp³-hybridized carbons (Fsp3) is 0.562. The van der Waals surface area contributed by atoms with Gasteiger partial charge in [0.05, 0.1) is 0 Å². The summed E-state index contributed by atoms with van der Waals surface area (Å²) in [5.41, 5.74) is 3.47. The van der Waals surface area contributed by atoms with Crippen LogP contribution in [0.5, 0.6) is 0 Å². The number of nitrogens with one attached hydrogen (secondary N) is 2. The molecule has 1 heterocycles. The summed E-state index contributed by atoms with van der Waals surface area (Å²) in [6, 6.07) is 6.16. The molecule has 2 aliphatic rings. The van der Waals surface area contributed by atoms with Crippen molar-refractivity contribution in [3.05, 3.63) is 23.8 Å². The Hall–Kier alpha value is -1.22. The highest BCUT2D eigenvalue weighted by atomic mass is 35.5. The van der Waals surface area contributed by atoms with Crippen molar-refractivity contribution in [2.75, 3.05) is 17.2 Å². The average molecular weight is 295 g/mol. The van der Waals surface area contributed by atoms with E-state index in [0.717, 1.165) is 31.0 Å². The molecule has 0 radical (unpaired) electrons. The van der Waals surface area contributed by atoms with Crippen molar-refractivity contribution in [3.8, 4) is 0 Å². The first-order valence-corrected chi connectivity index (χ1v) is 7.48. The van der Waals surface area contributed by atoms with Gasteiger partial charge in [-0.15, -0.1) is 12.4 Å². The molecule has 1 aromatic rings. The topological polar surface area (TPSA) is 41.1 Å². The van der Waals surface area contributed by atoms with Crippen molar-refractivity contribution < 1.29 is 4.79 Å². The van der Waals surface area contributed by atoms with Crippen molar-refractivity contribution in [2.24, 2.45) is 5.92 Å². The SMILES string of the molecule is Cl.O=C(CCC1CCCC1)Nc1ccc2c(c1)CCN2. The second-order valence-electron chi connectivity index (χ2n) is 5.79. The molecule has 1 fully saturated rings. The highest BCUT2D eigenvalue weighted by Crippen LogP contribution is 2.29. The van der Waals surface area contributed by atoms with E-state index in [1.54, 1.807) is 0 Å². The van der Waals surface area contributed by atoms with Crippen LogP contribution in [-0.2, 0) is 11.2 Å². The maximum Gasteiger partial charge on any atom is 0.224 e. The van der Waals surface area contributed by atoms with E-state index < -0.39 is 0 Å². The minimum Gasteiger partial charge on any atom is -0.384 e. The van der Waals surface area contributed by atoms with Gasteiger partial charge in [0.2, 0.25) is 5.91 Å². The molecule has 0 unspecified atom stereocenters. The number of amides is 1. The van der Waals surface area contributed by atoms with E-state index in [2.05, 4.69) is 22.8 Å². The average Bonchev–Trinajstić information content (AvgIpc) is 3.07. The zero-order valence-electron chi connectivity index (χ0n) is 11.8. The van der Waals surface area contributed by atoms with Crippen LogP contribution in [0.2, 0.25) is 0 Å². The number of hydrogen-bond acceptors (Lipinski definition) is 2. The van der Waals surface area contributed by atoms with Crippen molar-refractivity contribution >= 4 is 29.7 Å². The van der Waals surface area contributed by atoms with Crippen molar-refractivity contribution in [1.82, 2.24) is 0 Å². The number of hydrogen-bond donors (Lipinski definition) is 2. The molecule has 3 nitrogen and oxygen atoms in total. The molecule has 0 bridgehead atoms. The minimum atomic E-state index is 0. The molecular formula is C16H23ClN2O. The minimum absolute atomic E-state index is 0. The van der Waals surface area contributed by atoms with Crippen LogP contribution in [0.4, 0.5) is 11.4 Å². The highest BCUT2D eigenvalue weighted by molar-refractivity contribution is 5.91. The van der Waals surface area contributed by atoms with Gasteiger partial charge in [-0.3, -0.25) is 4.79 Å². The van der Waals surface area contributed by atoms with Crippen molar-refractivity contribution in [3.63, 3.8) is 0 Å². The predicted octanol–water partition coefficient (Wildman–Crippen LogP) is 3.99. The first-order valence-electron chi connectivity index (χ1n) is 7.48. The van der Waals surface area contributed by atoms with Crippen LogP contribution >= 0.6 is 12.4 Å². The first kappa shape index (κ1) is 15.2. The molecule has 1 saturated carbocycles. The van der Waals surface area contributed by atoms with Crippen LogP contribution in [0, 0.1) is 5.92 Å². The largest absolute Gasteiger partial charge is 0.384 e. The van der Waals surface area contributed by atoms with Crippen molar-refractivity contribution in [1.29, 1.82) is 0 Å². The Morgan fingerprint density at radius 1 is 1.30 bits per heavy atom. The van der Waals surface area contributed by atoms with Crippen molar-refractivity contribution in [2.45, 2.75) is 44.9 Å². The van der Waals surface area contributed by atoms with E-state index in [1.807, 2.05) is 6.07 Å². The number of carbonyl (C=O) groups is 1. The van der Waals surface area contributed by atoms with Crippen LogP contribution in [0.15, 0.2) is 18.2 Å². The fourth-order valence-electron chi connectivity index (χ4n) is 3.24.